The number of nitrogens with one attached hydrogen (secondary N) is 1. The molecule has 4 nitrogen and oxygen atoms in total. The second-order valence-corrected chi connectivity index (χ2v) is 6.37. The van der Waals surface area contributed by atoms with E-state index < -0.39 is 17.2 Å². The minimum absolute atomic E-state index is 0.327. The third-order valence-corrected chi connectivity index (χ3v) is 3.07. The van der Waals surface area contributed by atoms with E-state index in [1.165, 1.54) is 12.1 Å². The van der Waals surface area contributed by atoms with Gasteiger partial charge in [-0.3, -0.25) is 0 Å². The maximum atomic E-state index is 13.1. The highest BCUT2D eigenvalue weighted by Crippen LogP contribution is 2.10. The fraction of sp³-hybridized carbons (Fsp3) is 0.588. The first-order valence-corrected chi connectivity index (χ1v) is 7.85. The molecule has 0 saturated carbocycles. The van der Waals surface area contributed by atoms with Gasteiger partial charge in [0.15, 0.2) is 0 Å². The van der Waals surface area contributed by atoms with Crippen LogP contribution >= 0.6 is 0 Å². The van der Waals surface area contributed by atoms with Gasteiger partial charge >= 0.3 is 6.09 Å². The number of amides is 1. The van der Waals surface area contributed by atoms with Crippen molar-refractivity contribution in [2.45, 2.75) is 46.3 Å². The van der Waals surface area contributed by atoms with Crippen LogP contribution in [-0.4, -0.2) is 36.2 Å². The van der Waals surface area contributed by atoms with E-state index in [9.17, 15) is 13.6 Å². The normalized spacial score (nSPS) is 11.4. The Morgan fingerprint density at radius 2 is 1.83 bits per heavy atom. The summed E-state index contributed by atoms with van der Waals surface area (Å²) in [5.41, 5.74) is 0.0477. The molecule has 0 bridgehead atoms. The number of carbonyl (C=O) groups is 1. The molecule has 0 aromatic heterocycles. The number of hydrogen-bond donors (Lipinski definition) is 1. The maximum absolute atomic E-state index is 13.1. The Balaban J connectivity index is 2.31. The average Bonchev–Trinajstić information content (AvgIpc) is 2.39. The minimum atomic E-state index is -0.580. The molecule has 0 aliphatic heterocycles. The van der Waals surface area contributed by atoms with E-state index in [1.54, 1.807) is 4.90 Å². The van der Waals surface area contributed by atoms with Crippen LogP contribution in [-0.2, 0) is 11.3 Å². The lowest BCUT2D eigenvalue weighted by atomic mass is 10.2. The molecule has 1 aromatic rings. The second kappa shape index (κ2) is 8.82. The van der Waals surface area contributed by atoms with Crippen molar-refractivity contribution >= 4 is 6.09 Å². The fourth-order valence-electron chi connectivity index (χ4n) is 2.05. The van der Waals surface area contributed by atoms with Crippen molar-refractivity contribution < 1.29 is 18.3 Å². The van der Waals surface area contributed by atoms with Crippen molar-refractivity contribution in [2.75, 3.05) is 19.6 Å². The van der Waals surface area contributed by atoms with E-state index in [4.69, 9.17) is 4.74 Å². The van der Waals surface area contributed by atoms with Crippen molar-refractivity contribution in [3.63, 3.8) is 0 Å². The predicted molar refractivity (Wildman–Crippen MR) is 86.2 cm³/mol. The van der Waals surface area contributed by atoms with Gasteiger partial charge in [0.05, 0.1) is 0 Å². The Bertz CT molecular complexity index is 496. The lowest BCUT2D eigenvalue weighted by Crippen LogP contribution is -2.38. The van der Waals surface area contributed by atoms with Crippen LogP contribution in [0.25, 0.3) is 0 Å². The summed E-state index contributed by atoms with van der Waals surface area (Å²) in [6.07, 6.45) is 0.400. The lowest BCUT2D eigenvalue weighted by molar-refractivity contribution is 0.0258. The van der Waals surface area contributed by atoms with Crippen LogP contribution in [0.2, 0.25) is 0 Å². The molecule has 1 aromatic carbocycles. The predicted octanol–water partition coefficient (Wildman–Crippen LogP) is 3.70. The quantitative estimate of drug-likeness (QED) is 0.776. The number of hydrogen-bond acceptors (Lipinski definition) is 3. The van der Waals surface area contributed by atoms with E-state index in [-0.39, 0.29) is 6.09 Å². The first kappa shape index (κ1) is 19.4. The molecule has 0 heterocycles. The van der Waals surface area contributed by atoms with Crippen LogP contribution in [0.4, 0.5) is 13.6 Å². The van der Waals surface area contributed by atoms with Gasteiger partial charge in [-0.15, -0.1) is 0 Å². The van der Waals surface area contributed by atoms with Gasteiger partial charge in [0.1, 0.15) is 17.2 Å². The number of rotatable bonds is 7. The number of nitrogens with zero attached hydrogens (tertiary/aromatic N) is 1. The number of halogens is 2. The summed E-state index contributed by atoms with van der Waals surface area (Å²) in [4.78, 5) is 13.6. The maximum Gasteiger partial charge on any atom is 0.410 e. The van der Waals surface area contributed by atoms with Gasteiger partial charge in [0.25, 0.3) is 0 Å². The molecule has 0 saturated heterocycles. The first-order chi connectivity index (χ1) is 10.7. The van der Waals surface area contributed by atoms with Gasteiger partial charge < -0.3 is 15.0 Å². The molecule has 6 heteroatoms. The van der Waals surface area contributed by atoms with E-state index in [1.807, 2.05) is 27.7 Å². The van der Waals surface area contributed by atoms with Crippen molar-refractivity contribution in [2.24, 2.45) is 0 Å². The molecule has 1 rings (SSSR count). The second-order valence-electron chi connectivity index (χ2n) is 6.37. The van der Waals surface area contributed by atoms with Crippen molar-refractivity contribution in [3.05, 3.63) is 35.4 Å². The van der Waals surface area contributed by atoms with Gasteiger partial charge in [0, 0.05) is 25.7 Å². The molecule has 1 N–H and O–H groups in total. The Kier molecular flexibility index (Phi) is 7.42. The number of carbonyl (C=O) groups excluding carboxylic acids is 1. The van der Waals surface area contributed by atoms with Crippen LogP contribution in [0.3, 0.4) is 0 Å². The molecule has 0 spiro atoms. The molecule has 0 fully saturated rings. The van der Waals surface area contributed by atoms with Gasteiger partial charge in [-0.25, -0.2) is 13.6 Å². The summed E-state index contributed by atoms with van der Waals surface area (Å²) in [7, 11) is 0. The molecule has 130 valence electrons. The summed E-state index contributed by atoms with van der Waals surface area (Å²) >= 11 is 0. The Morgan fingerprint density at radius 3 is 2.35 bits per heavy atom. The van der Waals surface area contributed by atoms with Crippen LogP contribution in [0.5, 0.6) is 0 Å². The molecule has 0 aliphatic carbocycles. The summed E-state index contributed by atoms with van der Waals surface area (Å²) in [6, 6.07) is 3.45. The zero-order valence-corrected chi connectivity index (χ0v) is 14.3. The largest absolute Gasteiger partial charge is 0.444 e. The van der Waals surface area contributed by atoms with Gasteiger partial charge in [0.2, 0.25) is 0 Å². The van der Waals surface area contributed by atoms with Gasteiger partial charge in [-0.1, -0.05) is 0 Å². The van der Waals surface area contributed by atoms with E-state index in [0.717, 1.165) is 12.5 Å². The summed E-state index contributed by atoms with van der Waals surface area (Å²) in [6.45, 7) is 9.55. The zero-order chi connectivity index (χ0) is 17.5. The van der Waals surface area contributed by atoms with Crippen molar-refractivity contribution in [3.8, 4) is 0 Å². The van der Waals surface area contributed by atoms with Crippen molar-refractivity contribution in [1.29, 1.82) is 0 Å². The summed E-state index contributed by atoms with van der Waals surface area (Å²) in [5.74, 6) is -1.16. The molecule has 1 amide bonds. The van der Waals surface area contributed by atoms with Crippen LogP contribution in [0.1, 0.15) is 39.7 Å². The number of benzene rings is 1. The molecule has 0 aliphatic rings. The standard InChI is InChI=1S/C17H26F2N2O2/c1-5-21(16(22)23-17(2,3)4)8-6-7-20-12-13-9-14(18)11-15(19)10-13/h9-11,20H,5-8,12H2,1-4H3. The van der Waals surface area contributed by atoms with Crippen LogP contribution < -0.4 is 5.32 Å². The molecular formula is C17H26F2N2O2. The summed E-state index contributed by atoms with van der Waals surface area (Å²) < 4.78 is 31.4. The fourth-order valence-corrected chi connectivity index (χ4v) is 2.05. The monoisotopic (exact) mass is 328 g/mol. The highest BCUT2D eigenvalue weighted by Gasteiger charge is 2.20. The van der Waals surface area contributed by atoms with E-state index >= 15 is 0 Å². The third-order valence-electron chi connectivity index (χ3n) is 3.07. The Labute approximate surface area is 136 Å². The zero-order valence-electron chi connectivity index (χ0n) is 14.3. The molecular weight excluding hydrogens is 302 g/mol. The molecule has 0 radical (unpaired) electrons. The first-order valence-electron chi connectivity index (χ1n) is 7.85. The minimum Gasteiger partial charge on any atom is -0.444 e. The van der Waals surface area contributed by atoms with Gasteiger partial charge in [-0.2, -0.15) is 0 Å². The SMILES string of the molecule is CCN(CCCNCc1cc(F)cc(F)c1)C(=O)OC(C)(C)C. The molecule has 0 atom stereocenters. The Hall–Kier alpha value is -1.69. The smallest absolute Gasteiger partial charge is 0.410 e. The summed E-state index contributed by atoms with van der Waals surface area (Å²) in [5, 5.41) is 3.11. The van der Waals surface area contributed by atoms with Gasteiger partial charge in [-0.05, 0) is 58.4 Å². The Morgan fingerprint density at radius 1 is 1.22 bits per heavy atom. The highest BCUT2D eigenvalue weighted by molar-refractivity contribution is 5.68. The van der Waals surface area contributed by atoms with E-state index in [0.29, 0.717) is 31.7 Å². The topological polar surface area (TPSA) is 41.6 Å². The van der Waals surface area contributed by atoms with E-state index in [2.05, 4.69) is 5.32 Å². The van der Waals surface area contributed by atoms with Crippen molar-refractivity contribution in [1.82, 2.24) is 10.2 Å². The van der Waals surface area contributed by atoms with Crippen LogP contribution in [0.15, 0.2) is 18.2 Å². The third kappa shape index (κ3) is 7.93. The molecule has 0 unspecified atom stereocenters. The molecule has 23 heavy (non-hydrogen) atoms. The lowest BCUT2D eigenvalue weighted by Gasteiger charge is -2.26. The highest BCUT2D eigenvalue weighted by atomic mass is 19.1. The average molecular weight is 328 g/mol. The number of ether oxygens (including phenoxy) is 1. The van der Waals surface area contributed by atoms with Crippen LogP contribution in [0, 0.1) is 11.6 Å².